The van der Waals surface area contributed by atoms with Crippen molar-refractivity contribution in [3.05, 3.63) is 59.6 Å². The zero-order valence-corrected chi connectivity index (χ0v) is 19.9. The Morgan fingerprint density at radius 2 is 1.70 bits per heavy atom. The number of anilines is 1. The maximum absolute atomic E-state index is 12.8. The Hall–Kier alpha value is -2.99. The summed E-state index contributed by atoms with van der Waals surface area (Å²) in [4.78, 5) is 17.0. The number of carbonyl (C=O) groups excluding carboxylic acids is 1. The number of methoxy groups -OCH3 is 2. The van der Waals surface area contributed by atoms with Gasteiger partial charge in [0.05, 0.1) is 18.1 Å². The molecule has 0 aliphatic rings. The molecule has 0 aliphatic heterocycles. The summed E-state index contributed by atoms with van der Waals surface area (Å²) >= 11 is 1.30. The first-order chi connectivity index (χ1) is 15.8. The molecular weight excluding hydrogens is 468 g/mol. The first kappa shape index (κ1) is 24.6. The van der Waals surface area contributed by atoms with Crippen molar-refractivity contribution >= 4 is 32.2 Å². The van der Waals surface area contributed by atoms with Gasteiger partial charge in [-0.1, -0.05) is 0 Å². The summed E-state index contributed by atoms with van der Waals surface area (Å²) in [6.07, 6.45) is 2.32. The van der Waals surface area contributed by atoms with Gasteiger partial charge in [0.15, 0.2) is 15.0 Å². The van der Waals surface area contributed by atoms with Gasteiger partial charge in [-0.25, -0.2) is 13.4 Å². The third kappa shape index (κ3) is 7.26. The van der Waals surface area contributed by atoms with Crippen LogP contribution in [-0.2, 0) is 19.3 Å². The lowest BCUT2D eigenvalue weighted by molar-refractivity contribution is 0.0244. The maximum Gasteiger partial charge on any atom is 0.257 e. The summed E-state index contributed by atoms with van der Waals surface area (Å²) in [6.45, 7) is 0.568. The van der Waals surface area contributed by atoms with E-state index in [1.807, 2.05) is 0 Å². The fraction of sp³-hybridized carbons (Fsp3) is 0.273. The van der Waals surface area contributed by atoms with Crippen LogP contribution in [0.5, 0.6) is 17.2 Å². The molecule has 33 heavy (non-hydrogen) atoms. The number of benzene rings is 2. The minimum Gasteiger partial charge on any atom is -0.485 e. The van der Waals surface area contributed by atoms with Crippen LogP contribution in [0.25, 0.3) is 0 Å². The number of amides is 1. The Morgan fingerprint density at radius 1 is 1.03 bits per heavy atom. The predicted molar refractivity (Wildman–Crippen MR) is 124 cm³/mol. The molecule has 1 N–H and O–H groups in total. The normalized spacial score (nSPS) is 11.4. The van der Waals surface area contributed by atoms with Crippen molar-refractivity contribution < 1.29 is 32.2 Å². The van der Waals surface area contributed by atoms with Gasteiger partial charge in [-0.05, 0) is 36.4 Å². The molecule has 9 nitrogen and oxygen atoms in total. The standard InChI is InChI=1S/C22H24N2O7S2/c1-28-13-19(14-29-2)31-18-11-15(21(25)24-22-23-8-9-32-22)10-17(12-18)30-16-4-6-20(7-5-16)33(3,26)27/h4-12,19H,13-14H2,1-3H3,(H,23,24,25). The maximum atomic E-state index is 12.8. The molecule has 1 heterocycles. The van der Waals surface area contributed by atoms with Crippen LogP contribution in [-0.4, -0.2) is 59.1 Å². The summed E-state index contributed by atoms with van der Waals surface area (Å²) in [5.41, 5.74) is 0.291. The lowest BCUT2D eigenvalue weighted by Crippen LogP contribution is -2.27. The van der Waals surface area contributed by atoms with Gasteiger partial charge in [-0.3, -0.25) is 10.1 Å². The lowest BCUT2D eigenvalue weighted by Gasteiger charge is -2.19. The third-order valence-corrected chi connectivity index (χ3v) is 6.11. The van der Waals surface area contributed by atoms with E-state index in [1.165, 1.54) is 35.6 Å². The van der Waals surface area contributed by atoms with Crippen LogP contribution in [0.3, 0.4) is 0 Å². The number of nitrogens with one attached hydrogen (secondary N) is 1. The van der Waals surface area contributed by atoms with Crippen LogP contribution in [0.4, 0.5) is 5.13 Å². The monoisotopic (exact) mass is 492 g/mol. The Balaban J connectivity index is 1.89. The fourth-order valence-corrected chi connectivity index (χ4v) is 4.01. The second kappa shape index (κ2) is 11.2. The smallest absolute Gasteiger partial charge is 0.257 e. The van der Waals surface area contributed by atoms with Gasteiger partial charge < -0.3 is 18.9 Å². The molecule has 176 valence electrons. The van der Waals surface area contributed by atoms with E-state index in [2.05, 4.69) is 10.3 Å². The number of hydrogen-bond donors (Lipinski definition) is 1. The van der Waals surface area contributed by atoms with Gasteiger partial charge >= 0.3 is 0 Å². The fourth-order valence-electron chi connectivity index (χ4n) is 2.86. The van der Waals surface area contributed by atoms with Crippen LogP contribution < -0.4 is 14.8 Å². The summed E-state index contributed by atoms with van der Waals surface area (Å²) in [7, 11) is -0.215. The average Bonchev–Trinajstić information content (AvgIpc) is 3.27. The van der Waals surface area contributed by atoms with Crippen molar-refractivity contribution in [2.45, 2.75) is 11.0 Å². The molecule has 0 saturated carbocycles. The van der Waals surface area contributed by atoms with Crippen molar-refractivity contribution in [1.82, 2.24) is 4.98 Å². The molecule has 0 fully saturated rings. The van der Waals surface area contributed by atoms with E-state index in [1.54, 1.807) is 44.0 Å². The van der Waals surface area contributed by atoms with E-state index in [0.717, 1.165) is 6.26 Å². The SMILES string of the molecule is COCC(COC)Oc1cc(Oc2ccc(S(C)(=O)=O)cc2)cc(C(=O)Nc2nccs2)c1. The number of thiazole rings is 1. The Morgan fingerprint density at radius 3 is 2.27 bits per heavy atom. The molecule has 0 saturated heterocycles. The van der Waals surface area contributed by atoms with E-state index >= 15 is 0 Å². The number of carbonyl (C=O) groups is 1. The minimum absolute atomic E-state index is 0.178. The summed E-state index contributed by atoms with van der Waals surface area (Å²) in [6, 6.07) is 10.8. The molecular formula is C22H24N2O7S2. The van der Waals surface area contributed by atoms with Gasteiger partial charge in [0.1, 0.15) is 23.4 Å². The van der Waals surface area contributed by atoms with Crippen LogP contribution in [0, 0.1) is 0 Å². The van der Waals surface area contributed by atoms with Crippen molar-refractivity contribution in [3.63, 3.8) is 0 Å². The van der Waals surface area contributed by atoms with E-state index in [-0.39, 0.29) is 24.0 Å². The molecule has 11 heteroatoms. The topological polar surface area (TPSA) is 113 Å². The quantitative estimate of drug-likeness (QED) is 0.432. The van der Waals surface area contributed by atoms with E-state index < -0.39 is 15.9 Å². The van der Waals surface area contributed by atoms with E-state index in [0.29, 0.717) is 27.9 Å². The number of sulfone groups is 1. The molecule has 0 bridgehead atoms. The summed E-state index contributed by atoms with van der Waals surface area (Å²) in [5.74, 6) is 0.722. The highest BCUT2D eigenvalue weighted by Crippen LogP contribution is 2.29. The summed E-state index contributed by atoms with van der Waals surface area (Å²) < 4.78 is 45.5. The number of hydrogen-bond acceptors (Lipinski definition) is 9. The Bertz CT molecular complexity index is 1160. The van der Waals surface area contributed by atoms with Crippen LogP contribution in [0.2, 0.25) is 0 Å². The van der Waals surface area contributed by atoms with Gasteiger partial charge in [-0.2, -0.15) is 0 Å². The van der Waals surface area contributed by atoms with Gasteiger partial charge in [0, 0.05) is 43.7 Å². The molecule has 1 aromatic heterocycles. The second-order valence-electron chi connectivity index (χ2n) is 6.98. The third-order valence-electron chi connectivity index (χ3n) is 4.29. The van der Waals surface area contributed by atoms with Crippen molar-refractivity contribution in [1.29, 1.82) is 0 Å². The van der Waals surface area contributed by atoms with Crippen molar-refractivity contribution in [3.8, 4) is 17.2 Å². The Kier molecular flexibility index (Phi) is 8.39. The zero-order valence-electron chi connectivity index (χ0n) is 18.3. The minimum atomic E-state index is -3.32. The first-order valence-corrected chi connectivity index (χ1v) is 12.5. The predicted octanol–water partition coefficient (Wildman–Crippen LogP) is 3.63. The molecule has 0 aliphatic carbocycles. The number of aromatic nitrogens is 1. The molecule has 2 aromatic carbocycles. The molecule has 3 aromatic rings. The van der Waals surface area contributed by atoms with E-state index in [9.17, 15) is 13.2 Å². The first-order valence-electron chi connectivity index (χ1n) is 9.77. The highest BCUT2D eigenvalue weighted by atomic mass is 32.2. The summed E-state index contributed by atoms with van der Waals surface area (Å²) in [5, 5.41) is 4.94. The average molecular weight is 493 g/mol. The highest BCUT2D eigenvalue weighted by Gasteiger charge is 2.16. The second-order valence-corrected chi connectivity index (χ2v) is 9.89. The van der Waals surface area contributed by atoms with E-state index in [4.69, 9.17) is 18.9 Å². The van der Waals surface area contributed by atoms with Crippen LogP contribution >= 0.6 is 11.3 Å². The molecule has 0 unspecified atom stereocenters. The largest absolute Gasteiger partial charge is 0.485 e. The Labute approximate surface area is 196 Å². The molecule has 1 amide bonds. The van der Waals surface area contributed by atoms with Gasteiger partial charge in [0.2, 0.25) is 0 Å². The zero-order chi connectivity index (χ0) is 23.8. The van der Waals surface area contributed by atoms with Crippen molar-refractivity contribution in [2.24, 2.45) is 0 Å². The number of rotatable bonds is 11. The van der Waals surface area contributed by atoms with Crippen LogP contribution in [0.15, 0.2) is 58.9 Å². The molecule has 0 atom stereocenters. The van der Waals surface area contributed by atoms with Crippen molar-refractivity contribution in [2.75, 3.05) is 39.0 Å². The lowest BCUT2D eigenvalue weighted by atomic mass is 10.2. The molecule has 0 radical (unpaired) electrons. The van der Waals surface area contributed by atoms with Gasteiger partial charge in [0.25, 0.3) is 5.91 Å². The molecule has 3 rings (SSSR count). The number of ether oxygens (including phenoxy) is 4. The van der Waals surface area contributed by atoms with Gasteiger partial charge in [-0.15, -0.1) is 11.3 Å². The van der Waals surface area contributed by atoms with Crippen LogP contribution in [0.1, 0.15) is 10.4 Å². The highest BCUT2D eigenvalue weighted by molar-refractivity contribution is 7.90. The molecule has 0 spiro atoms. The number of nitrogens with zero attached hydrogens (tertiary/aromatic N) is 1.